The molecule has 0 saturated carbocycles. The molecule has 29 heavy (non-hydrogen) atoms. The summed E-state index contributed by atoms with van der Waals surface area (Å²) in [4.78, 5) is 12.6. The molecule has 0 fully saturated rings. The van der Waals surface area contributed by atoms with Crippen LogP contribution in [0.3, 0.4) is 0 Å². The standard InChI is InChI=1S/C21H24FN5O2/c1-12(2)16-7-6-13(3)20(10-16)29-14(4)21(28)23-17-8-9-18(22)19(11-17)27-15(5)24-25-26-27/h6-12,14H,1-5H3,(H,23,28). The van der Waals surface area contributed by atoms with E-state index < -0.39 is 11.9 Å². The minimum Gasteiger partial charge on any atom is -0.481 e. The topological polar surface area (TPSA) is 81.9 Å². The highest BCUT2D eigenvalue weighted by atomic mass is 19.1. The van der Waals surface area contributed by atoms with Gasteiger partial charge in [-0.05, 0) is 72.5 Å². The molecule has 3 aromatic rings. The Labute approximate surface area is 168 Å². The van der Waals surface area contributed by atoms with Crippen LogP contribution in [0, 0.1) is 19.7 Å². The zero-order valence-corrected chi connectivity index (χ0v) is 17.1. The van der Waals surface area contributed by atoms with Gasteiger partial charge in [0, 0.05) is 5.69 Å². The first kappa shape index (κ1) is 20.4. The first-order chi connectivity index (χ1) is 13.8. The first-order valence-electron chi connectivity index (χ1n) is 9.39. The molecular weight excluding hydrogens is 373 g/mol. The van der Waals surface area contributed by atoms with Crippen LogP contribution in [0.5, 0.6) is 5.75 Å². The van der Waals surface area contributed by atoms with Crippen molar-refractivity contribution in [2.24, 2.45) is 0 Å². The first-order valence-corrected chi connectivity index (χ1v) is 9.39. The number of nitrogens with one attached hydrogen (secondary N) is 1. The van der Waals surface area contributed by atoms with Gasteiger partial charge in [0.15, 0.2) is 11.9 Å². The number of aryl methyl sites for hydroxylation is 2. The van der Waals surface area contributed by atoms with Gasteiger partial charge in [-0.1, -0.05) is 26.0 Å². The maximum atomic E-state index is 14.2. The Kier molecular flexibility index (Phi) is 5.91. The summed E-state index contributed by atoms with van der Waals surface area (Å²) in [6.07, 6.45) is -0.737. The van der Waals surface area contributed by atoms with Gasteiger partial charge >= 0.3 is 0 Å². The van der Waals surface area contributed by atoms with E-state index in [0.717, 1.165) is 11.1 Å². The van der Waals surface area contributed by atoms with Crippen molar-refractivity contribution in [2.45, 2.75) is 46.6 Å². The predicted octanol–water partition coefficient (Wildman–Crippen LogP) is 3.95. The fourth-order valence-electron chi connectivity index (χ4n) is 2.80. The van der Waals surface area contributed by atoms with Gasteiger partial charge in [0.2, 0.25) is 0 Å². The quantitative estimate of drug-likeness (QED) is 0.681. The number of aromatic nitrogens is 4. The van der Waals surface area contributed by atoms with Crippen LogP contribution in [0.1, 0.15) is 43.6 Å². The second-order valence-electron chi connectivity index (χ2n) is 7.23. The number of halogens is 1. The summed E-state index contributed by atoms with van der Waals surface area (Å²) in [5.41, 5.74) is 2.66. The van der Waals surface area contributed by atoms with Crippen LogP contribution in [0.4, 0.5) is 10.1 Å². The molecule has 0 aliphatic heterocycles. The molecule has 1 atom stereocenters. The van der Waals surface area contributed by atoms with Crippen LogP contribution in [0.2, 0.25) is 0 Å². The van der Waals surface area contributed by atoms with Gasteiger partial charge in [0.05, 0.1) is 0 Å². The summed E-state index contributed by atoms with van der Waals surface area (Å²) in [5.74, 6) is 0.621. The lowest BCUT2D eigenvalue weighted by atomic mass is 10.0. The number of anilines is 1. The molecule has 0 radical (unpaired) electrons. The minimum atomic E-state index is -0.737. The zero-order valence-electron chi connectivity index (χ0n) is 17.1. The number of tetrazole rings is 1. The third-order valence-electron chi connectivity index (χ3n) is 4.62. The number of amides is 1. The number of hydrogen-bond donors (Lipinski definition) is 1. The summed E-state index contributed by atoms with van der Waals surface area (Å²) in [6, 6.07) is 10.2. The average molecular weight is 397 g/mol. The largest absolute Gasteiger partial charge is 0.481 e. The molecule has 0 saturated heterocycles. The average Bonchev–Trinajstić information content (AvgIpc) is 3.10. The molecule has 0 bridgehead atoms. The molecule has 0 aliphatic carbocycles. The van der Waals surface area contributed by atoms with Gasteiger partial charge in [-0.2, -0.15) is 4.68 Å². The summed E-state index contributed by atoms with van der Waals surface area (Å²) >= 11 is 0. The second kappa shape index (κ2) is 8.38. The van der Waals surface area contributed by atoms with Gasteiger partial charge in [0.25, 0.3) is 5.91 Å². The molecular formula is C21H24FN5O2. The van der Waals surface area contributed by atoms with Gasteiger partial charge < -0.3 is 10.1 Å². The molecule has 0 spiro atoms. The van der Waals surface area contributed by atoms with E-state index in [9.17, 15) is 9.18 Å². The Morgan fingerprint density at radius 2 is 1.90 bits per heavy atom. The lowest BCUT2D eigenvalue weighted by Gasteiger charge is -2.18. The van der Waals surface area contributed by atoms with Crippen LogP contribution < -0.4 is 10.1 Å². The zero-order chi connectivity index (χ0) is 21.1. The highest BCUT2D eigenvalue weighted by molar-refractivity contribution is 5.94. The number of hydrogen-bond acceptors (Lipinski definition) is 5. The molecule has 152 valence electrons. The van der Waals surface area contributed by atoms with E-state index in [0.29, 0.717) is 23.2 Å². The maximum absolute atomic E-state index is 14.2. The smallest absolute Gasteiger partial charge is 0.265 e. The van der Waals surface area contributed by atoms with E-state index in [1.807, 2.05) is 19.1 Å². The van der Waals surface area contributed by atoms with Crippen LogP contribution in [-0.4, -0.2) is 32.2 Å². The minimum absolute atomic E-state index is 0.152. The Morgan fingerprint density at radius 3 is 2.55 bits per heavy atom. The third kappa shape index (κ3) is 4.59. The van der Waals surface area contributed by atoms with E-state index >= 15 is 0 Å². The molecule has 1 N–H and O–H groups in total. The summed E-state index contributed by atoms with van der Waals surface area (Å²) < 4.78 is 21.4. The molecule has 0 aliphatic rings. The second-order valence-corrected chi connectivity index (χ2v) is 7.23. The number of carbonyl (C=O) groups is 1. The van der Waals surface area contributed by atoms with Crippen LogP contribution >= 0.6 is 0 Å². The normalized spacial score (nSPS) is 12.1. The number of ether oxygens (including phenoxy) is 1. The Hall–Kier alpha value is -3.29. The molecule has 7 nitrogen and oxygen atoms in total. The van der Waals surface area contributed by atoms with Crippen molar-refractivity contribution in [1.82, 2.24) is 20.2 Å². The van der Waals surface area contributed by atoms with Gasteiger partial charge in [0.1, 0.15) is 17.3 Å². The molecule has 1 unspecified atom stereocenters. The highest BCUT2D eigenvalue weighted by Gasteiger charge is 2.18. The molecule has 1 heterocycles. The number of benzene rings is 2. The molecule has 1 aromatic heterocycles. The Morgan fingerprint density at radius 1 is 1.14 bits per heavy atom. The monoisotopic (exact) mass is 397 g/mol. The predicted molar refractivity (Wildman–Crippen MR) is 108 cm³/mol. The fourth-order valence-corrected chi connectivity index (χ4v) is 2.80. The van der Waals surface area contributed by atoms with Crippen LogP contribution in [0.15, 0.2) is 36.4 Å². The summed E-state index contributed by atoms with van der Waals surface area (Å²) in [5, 5.41) is 13.8. The number of nitrogens with zero attached hydrogens (tertiary/aromatic N) is 4. The summed E-state index contributed by atoms with van der Waals surface area (Å²) in [6.45, 7) is 9.47. The summed E-state index contributed by atoms with van der Waals surface area (Å²) in [7, 11) is 0. The molecule has 8 heteroatoms. The van der Waals surface area contributed by atoms with Crippen molar-refractivity contribution in [1.29, 1.82) is 0 Å². The van der Waals surface area contributed by atoms with Gasteiger partial charge in [-0.3, -0.25) is 4.79 Å². The van der Waals surface area contributed by atoms with Crippen molar-refractivity contribution >= 4 is 11.6 Å². The van der Waals surface area contributed by atoms with E-state index in [1.54, 1.807) is 13.8 Å². The van der Waals surface area contributed by atoms with E-state index in [-0.39, 0.29) is 11.6 Å². The van der Waals surface area contributed by atoms with Gasteiger partial charge in [-0.15, -0.1) is 5.10 Å². The number of rotatable bonds is 6. The Bertz CT molecular complexity index is 1030. The molecule has 2 aromatic carbocycles. The highest BCUT2D eigenvalue weighted by Crippen LogP contribution is 2.25. The van der Waals surface area contributed by atoms with Crippen LogP contribution in [-0.2, 0) is 4.79 Å². The SMILES string of the molecule is Cc1ccc(C(C)C)cc1OC(C)C(=O)Nc1ccc(F)c(-n2nnnc2C)c1. The number of carbonyl (C=O) groups excluding carboxylic acids is 1. The Balaban J connectivity index is 1.75. The van der Waals surface area contributed by atoms with E-state index in [2.05, 4.69) is 40.8 Å². The lowest BCUT2D eigenvalue weighted by molar-refractivity contribution is -0.122. The maximum Gasteiger partial charge on any atom is 0.265 e. The van der Waals surface area contributed by atoms with Gasteiger partial charge in [-0.25, -0.2) is 4.39 Å². The fraction of sp³-hybridized carbons (Fsp3) is 0.333. The molecule has 3 rings (SSSR count). The van der Waals surface area contributed by atoms with Crippen molar-refractivity contribution < 1.29 is 13.9 Å². The van der Waals surface area contributed by atoms with Crippen LogP contribution in [0.25, 0.3) is 5.69 Å². The third-order valence-corrected chi connectivity index (χ3v) is 4.62. The lowest BCUT2D eigenvalue weighted by Crippen LogP contribution is -2.30. The molecule has 1 amide bonds. The van der Waals surface area contributed by atoms with E-state index in [4.69, 9.17) is 4.74 Å². The van der Waals surface area contributed by atoms with Crippen molar-refractivity contribution in [3.63, 3.8) is 0 Å². The van der Waals surface area contributed by atoms with E-state index in [1.165, 1.54) is 22.9 Å². The van der Waals surface area contributed by atoms with Crippen molar-refractivity contribution in [2.75, 3.05) is 5.32 Å². The van der Waals surface area contributed by atoms with Crippen molar-refractivity contribution in [3.8, 4) is 11.4 Å². The van der Waals surface area contributed by atoms with Crippen molar-refractivity contribution in [3.05, 3.63) is 59.2 Å².